The van der Waals surface area contributed by atoms with E-state index in [9.17, 15) is 4.79 Å². The third-order valence-corrected chi connectivity index (χ3v) is 4.75. The number of hydrogen-bond donors (Lipinski definition) is 2. The zero-order chi connectivity index (χ0) is 15.2. The van der Waals surface area contributed by atoms with Gasteiger partial charge in [-0.15, -0.1) is 0 Å². The molecule has 0 spiro atoms. The first kappa shape index (κ1) is 16.2. The van der Waals surface area contributed by atoms with Crippen molar-refractivity contribution in [1.82, 2.24) is 5.32 Å². The second kappa shape index (κ2) is 7.71. The van der Waals surface area contributed by atoms with E-state index >= 15 is 0 Å². The Hall–Kier alpha value is -1.19. The van der Waals surface area contributed by atoms with Crippen LogP contribution in [0.2, 0.25) is 0 Å². The van der Waals surface area contributed by atoms with Crippen LogP contribution in [0.25, 0.3) is 0 Å². The normalized spacial score (nSPS) is 19.2. The number of benzene rings is 1. The summed E-state index contributed by atoms with van der Waals surface area (Å²) in [5, 5.41) is 3.50. The van der Waals surface area contributed by atoms with Crippen molar-refractivity contribution in [2.45, 2.75) is 58.0 Å². The lowest BCUT2D eigenvalue weighted by atomic mass is 9.89. The highest BCUT2D eigenvalue weighted by atomic mass is 16.1. The average molecular weight is 288 g/mol. The van der Waals surface area contributed by atoms with E-state index in [1.54, 1.807) is 6.92 Å². The van der Waals surface area contributed by atoms with Gasteiger partial charge in [-0.1, -0.05) is 50.5 Å². The summed E-state index contributed by atoms with van der Waals surface area (Å²) in [5.74, 6) is 1.14. The molecule has 3 nitrogen and oxygen atoms in total. The van der Waals surface area contributed by atoms with Crippen molar-refractivity contribution in [3.8, 4) is 0 Å². The van der Waals surface area contributed by atoms with Crippen LogP contribution in [0.15, 0.2) is 24.3 Å². The smallest absolute Gasteiger partial charge is 0.159 e. The SMILES string of the molecule is CC(=O)c1ccc(C(C)C(N)NCC2CCCCC2)cc1. The second-order valence-electron chi connectivity index (χ2n) is 6.40. The Balaban J connectivity index is 1.85. The molecular weight excluding hydrogens is 260 g/mol. The van der Waals surface area contributed by atoms with Crippen LogP contribution in [-0.4, -0.2) is 18.5 Å². The summed E-state index contributed by atoms with van der Waals surface area (Å²) in [7, 11) is 0. The number of nitrogens with two attached hydrogens (primary N) is 1. The molecule has 1 aliphatic carbocycles. The van der Waals surface area contributed by atoms with Crippen LogP contribution in [0, 0.1) is 5.92 Å². The summed E-state index contributed by atoms with van der Waals surface area (Å²) < 4.78 is 0. The predicted molar refractivity (Wildman–Crippen MR) is 87.4 cm³/mol. The maximum absolute atomic E-state index is 11.3. The van der Waals surface area contributed by atoms with E-state index < -0.39 is 0 Å². The maximum atomic E-state index is 11.3. The molecule has 1 aliphatic rings. The van der Waals surface area contributed by atoms with Crippen molar-refractivity contribution in [3.63, 3.8) is 0 Å². The molecule has 1 aromatic carbocycles. The molecule has 0 heterocycles. The van der Waals surface area contributed by atoms with Gasteiger partial charge >= 0.3 is 0 Å². The molecule has 0 saturated heterocycles. The Labute approximate surface area is 128 Å². The molecule has 1 aromatic rings. The third kappa shape index (κ3) is 4.65. The van der Waals surface area contributed by atoms with E-state index in [2.05, 4.69) is 12.2 Å². The van der Waals surface area contributed by atoms with E-state index in [-0.39, 0.29) is 17.9 Å². The fourth-order valence-corrected chi connectivity index (χ4v) is 3.10. The number of carbonyl (C=O) groups is 1. The van der Waals surface area contributed by atoms with Gasteiger partial charge in [0.15, 0.2) is 5.78 Å². The van der Waals surface area contributed by atoms with Crippen molar-refractivity contribution in [3.05, 3.63) is 35.4 Å². The lowest BCUT2D eigenvalue weighted by Gasteiger charge is -2.27. The second-order valence-corrected chi connectivity index (χ2v) is 6.40. The number of hydrogen-bond acceptors (Lipinski definition) is 3. The molecule has 2 atom stereocenters. The molecular formula is C18H28N2O. The Bertz CT molecular complexity index is 449. The van der Waals surface area contributed by atoms with Crippen LogP contribution in [0.5, 0.6) is 0 Å². The van der Waals surface area contributed by atoms with E-state index in [1.807, 2.05) is 24.3 Å². The van der Waals surface area contributed by atoms with E-state index in [0.29, 0.717) is 0 Å². The van der Waals surface area contributed by atoms with Crippen molar-refractivity contribution >= 4 is 5.78 Å². The molecule has 2 rings (SSSR count). The molecule has 1 fully saturated rings. The van der Waals surface area contributed by atoms with Crippen LogP contribution in [0.1, 0.15) is 67.8 Å². The van der Waals surface area contributed by atoms with Gasteiger partial charge in [0.2, 0.25) is 0 Å². The highest BCUT2D eigenvalue weighted by Gasteiger charge is 2.18. The van der Waals surface area contributed by atoms with Crippen LogP contribution in [0.4, 0.5) is 0 Å². The first-order chi connectivity index (χ1) is 10.1. The zero-order valence-electron chi connectivity index (χ0n) is 13.3. The lowest BCUT2D eigenvalue weighted by molar-refractivity contribution is 0.101. The van der Waals surface area contributed by atoms with Crippen LogP contribution < -0.4 is 11.1 Å². The number of Topliss-reactive ketones (excluding diaryl/α,β-unsaturated/α-hetero) is 1. The monoisotopic (exact) mass is 288 g/mol. The minimum Gasteiger partial charge on any atom is -0.315 e. The Kier molecular flexibility index (Phi) is 5.95. The van der Waals surface area contributed by atoms with Gasteiger partial charge in [0, 0.05) is 11.5 Å². The predicted octanol–water partition coefficient (Wildman–Crippen LogP) is 3.45. The van der Waals surface area contributed by atoms with Crippen LogP contribution in [-0.2, 0) is 0 Å². The molecule has 0 aliphatic heterocycles. The van der Waals surface area contributed by atoms with E-state index in [0.717, 1.165) is 18.0 Å². The van der Waals surface area contributed by atoms with Gasteiger partial charge in [0.1, 0.15) is 0 Å². The average Bonchev–Trinajstić information content (AvgIpc) is 2.53. The molecule has 21 heavy (non-hydrogen) atoms. The van der Waals surface area contributed by atoms with Crippen molar-refractivity contribution in [2.75, 3.05) is 6.54 Å². The van der Waals surface area contributed by atoms with E-state index in [4.69, 9.17) is 5.73 Å². The Morgan fingerprint density at radius 1 is 1.24 bits per heavy atom. The first-order valence-electron chi connectivity index (χ1n) is 8.18. The van der Waals surface area contributed by atoms with Gasteiger partial charge in [0.25, 0.3) is 0 Å². The van der Waals surface area contributed by atoms with Gasteiger partial charge in [-0.2, -0.15) is 0 Å². The van der Waals surface area contributed by atoms with Crippen molar-refractivity contribution in [2.24, 2.45) is 11.7 Å². The molecule has 2 unspecified atom stereocenters. The van der Waals surface area contributed by atoms with Gasteiger partial charge < -0.3 is 11.1 Å². The summed E-state index contributed by atoms with van der Waals surface area (Å²) >= 11 is 0. The van der Waals surface area contributed by atoms with Gasteiger partial charge in [-0.25, -0.2) is 0 Å². The molecule has 0 amide bonds. The molecule has 3 heteroatoms. The summed E-state index contributed by atoms with van der Waals surface area (Å²) in [6.45, 7) is 4.76. The Morgan fingerprint density at radius 3 is 2.43 bits per heavy atom. The number of carbonyl (C=O) groups excluding carboxylic acids is 1. The molecule has 116 valence electrons. The number of rotatable bonds is 6. The highest BCUT2D eigenvalue weighted by Crippen LogP contribution is 2.23. The third-order valence-electron chi connectivity index (χ3n) is 4.75. The first-order valence-corrected chi connectivity index (χ1v) is 8.18. The minimum absolute atomic E-state index is 0.0323. The Morgan fingerprint density at radius 2 is 1.86 bits per heavy atom. The zero-order valence-corrected chi connectivity index (χ0v) is 13.3. The molecule has 0 aromatic heterocycles. The largest absolute Gasteiger partial charge is 0.315 e. The van der Waals surface area contributed by atoms with E-state index in [1.165, 1.54) is 37.7 Å². The fourth-order valence-electron chi connectivity index (χ4n) is 3.10. The van der Waals surface area contributed by atoms with Gasteiger partial charge in [0.05, 0.1) is 6.17 Å². The molecule has 3 N–H and O–H groups in total. The number of nitrogens with one attached hydrogen (secondary N) is 1. The quantitative estimate of drug-likeness (QED) is 0.622. The maximum Gasteiger partial charge on any atom is 0.159 e. The summed E-state index contributed by atoms with van der Waals surface area (Å²) in [6.07, 6.45) is 6.76. The topological polar surface area (TPSA) is 55.1 Å². The summed E-state index contributed by atoms with van der Waals surface area (Å²) in [4.78, 5) is 11.3. The minimum atomic E-state index is -0.0323. The fraction of sp³-hybridized carbons (Fsp3) is 0.611. The number of ketones is 1. The molecule has 0 radical (unpaired) electrons. The van der Waals surface area contributed by atoms with Gasteiger partial charge in [-0.05, 0) is 37.8 Å². The summed E-state index contributed by atoms with van der Waals surface area (Å²) in [6, 6.07) is 7.82. The van der Waals surface area contributed by atoms with Gasteiger partial charge in [-0.3, -0.25) is 4.79 Å². The standard InChI is InChI=1S/C18H28N2O/c1-13(16-8-10-17(11-9-16)14(2)21)18(19)20-12-15-6-4-3-5-7-15/h8-11,13,15,18,20H,3-7,12,19H2,1-2H3. The molecule has 0 bridgehead atoms. The molecule has 1 saturated carbocycles. The highest BCUT2D eigenvalue weighted by molar-refractivity contribution is 5.94. The van der Waals surface area contributed by atoms with Crippen LogP contribution >= 0.6 is 0 Å². The van der Waals surface area contributed by atoms with Crippen molar-refractivity contribution < 1.29 is 4.79 Å². The summed E-state index contributed by atoms with van der Waals surface area (Å²) in [5.41, 5.74) is 8.23. The van der Waals surface area contributed by atoms with Crippen molar-refractivity contribution in [1.29, 1.82) is 0 Å². The van der Waals surface area contributed by atoms with Crippen LogP contribution in [0.3, 0.4) is 0 Å². The lowest BCUT2D eigenvalue weighted by Crippen LogP contribution is -2.44.